The van der Waals surface area contributed by atoms with Gasteiger partial charge in [0.2, 0.25) is 0 Å². The van der Waals surface area contributed by atoms with Gasteiger partial charge in [0.1, 0.15) is 5.82 Å². The molecule has 3 nitrogen and oxygen atoms in total. The Labute approximate surface area is 122 Å². The molecule has 2 aromatic rings. The molecular formula is C17H15FO3. The number of aliphatic carboxylic acids is 1. The van der Waals surface area contributed by atoms with Crippen molar-refractivity contribution in [3.63, 3.8) is 0 Å². The number of carbonyl (C=O) groups excluding carboxylic acids is 1. The summed E-state index contributed by atoms with van der Waals surface area (Å²) in [5.74, 6) is -1.31. The minimum atomic E-state index is -0.905. The lowest BCUT2D eigenvalue weighted by Gasteiger charge is -2.05. The highest BCUT2D eigenvalue weighted by atomic mass is 19.1. The normalized spacial score (nSPS) is 10.3. The number of rotatable bonds is 6. The summed E-state index contributed by atoms with van der Waals surface area (Å²) in [7, 11) is 0. The lowest BCUT2D eigenvalue weighted by molar-refractivity contribution is -0.137. The zero-order valence-electron chi connectivity index (χ0n) is 11.4. The van der Waals surface area contributed by atoms with E-state index in [4.69, 9.17) is 5.11 Å². The van der Waals surface area contributed by atoms with Gasteiger partial charge in [0.05, 0.1) is 0 Å². The zero-order chi connectivity index (χ0) is 15.2. The van der Waals surface area contributed by atoms with Gasteiger partial charge in [-0.05, 0) is 18.1 Å². The van der Waals surface area contributed by atoms with Crippen LogP contribution < -0.4 is 0 Å². The number of carbonyl (C=O) groups is 2. The maximum atomic E-state index is 13.7. The molecule has 0 atom stereocenters. The van der Waals surface area contributed by atoms with Gasteiger partial charge in [-0.25, -0.2) is 4.39 Å². The van der Waals surface area contributed by atoms with Crippen molar-refractivity contribution in [3.05, 3.63) is 59.9 Å². The van der Waals surface area contributed by atoms with Crippen LogP contribution in [0.2, 0.25) is 0 Å². The van der Waals surface area contributed by atoms with Gasteiger partial charge >= 0.3 is 5.97 Å². The maximum Gasteiger partial charge on any atom is 0.303 e. The van der Waals surface area contributed by atoms with Crippen LogP contribution in [0.25, 0.3) is 11.1 Å². The van der Waals surface area contributed by atoms with Gasteiger partial charge in [-0.2, -0.15) is 0 Å². The van der Waals surface area contributed by atoms with Crippen molar-refractivity contribution in [2.24, 2.45) is 0 Å². The first-order valence-corrected chi connectivity index (χ1v) is 6.68. The molecule has 2 aromatic carbocycles. The molecule has 0 aliphatic heterocycles. The fourth-order valence-corrected chi connectivity index (χ4v) is 2.08. The maximum absolute atomic E-state index is 13.7. The standard InChI is InChI=1S/C17H15FO3/c18-15-5-2-1-4-14(15)12-8-10-13(11-9-12)16(19)6-3-7-17(20)21/h1-2,4-5,8-11H,3,6-7H2,(H,20,21). The summed E-state index contributed by atoms with van der Waals surface area (Å²) in [5.41, 5.74) is 1.71. The number of carboxylic acids is 1. The molecule has 0 radical (unpaired) electrons. The molecule has 0 aliphatic rings. The minimum absolute atomic E-state index is 0.0148. The molecule has 0 spiro atoms. The molecule has 0 unspecified atom stereocenters. The van der Waals surface area contributed by atoms with E-state index in [0.29, 0.717) is 23.1 Å². The quantitative estimate of drug-likeness (QED) is 0.818. The van der Waals surface area contributed by atoms with Crippen molar-refractivity contribution in [2.75, 3.05) is 0 Å². The van der Waals surface area contributed by atoms with Crippen LogP contribution in [-0.4, -0.2) is 16.9 Å². The second-order valence-electron chi connectivity index (χ2n) is 4.73. The van der Waals surface area contributed by atoms with E-state index in [-0.39, 0.29) is 24.4 Å². The molecule has 21 heavy (non-hydrogen) atoms. The van der Waals surface area contributed by atoms with Crippen LogP contribution >= 0.6 is 0 Å². The predicted molar refractivity (Wildman–Crippen MR) is 77.7 cm³/mol. The van der Waals surface area contributed by atoms with E-state index in [1.54, 1.807) is 42.5 Å². The molecule has 108 valence electrons. The van der Waals surface area contributed by atoms with Crippen molar-refractivity contribution in [2.45, 2.75) is 19.3 Å². The Balaban J connectivity index is 2.07. The first-order valence-electron chi connectivity index (χ1n) is 6.68. The summed E-state index contributed by atoms with van der Waals surface area (Å²) in [6, 6.07) is 13.1. The summed E-state index contributed by atoms with van der Waals surface area (Å²) in [6.45, 7) is 0. The van der Waals surface area contributed by atoms with Crippen molar-refractivity contribution < 1.29 is 19.1 Å². The van der Waals surface area contributed by atoms with Gasteiger partial charge in [0, 0.05) is 24.0 Å². The number of benzene rings is 2. The highest BCUT2D eigenvalue weighted by Crippen LogP contribution is 2.23. The summed E-state index contributed by atoms with van der Waals surface area (Å²) in [5, 5.41) is 8.54. The second-order valence-corrected chi connectivity index (χ2v) is 4.73. The number of hydrogen-bond acceptors (Lipinski definition) is 2. The number of ketones is 1. The predicted octanol–water partition coefficient (Wildman–Crippen LogP) is 3.93. The topological polar surface area (TPSA) is 54.4 Å². The number of hydrogen-bond donors (Lipinski definition) is 1. The van der Waals surface area contributed by atoms with E-state index in [1.165, 1.54) is 6.07 Å². The Morgan fingerprint density at radius 3 is 2.24 bits per heavy atom. The van der Waals surface area contributed by atoms with E-state index in [0.717, 1.165) is 0 Å². The van der Waals surface area contributed by atoms with Gasteiger partial charge in [-0.15, -0.1) is 0 Å². The van der Waals surface area contributed by atoms with Crippen molar-refractivity contribution in [3.8, 4) is 11.1 Å². The van der Waals surface area contributed by atoms with Gasteiger partial charge in [-0.3, -0.25) is 9.59 Å². The lowest BCUT2D eigenvalue weighted by Crippen LogP contribution is -2.01. The third kappa shape index (κ3) is 3.99. The third-order valence-electron chi connectivity index (χ3n) is 3.19. The van der Waals surface area contributed by atoms with E-state index >= 15 is 0 Å². The Bertz CT molecular complexity index is 647. The van der Waals surface area contributed by atoms with Crippen LogP contribution in [-0.2, 0) is 4.79 Å². The van der Waals surface area contributed by atoms with Crippen LogP contribution in [0, 0.1) is 5.82 Å². The highest BCUT2D eigenvalue weighted by Gasteiger charge is 2.09. The van der Waals surface area contributed by atoms with Crippen molar-refractivity contribution in [1.29, 1.82) is 0 Å². The average molecular weight is 286 g/mol. The van der Waals surface area contributed by atoms with Gasteiger partial charge in [0.15, 0.2) is 5.78 Å². The fourth-order valence-electron chi connectivity index (χ4n) is 2.08. The van der Waals surface area contributed by atoms with Crippen LogP contribution in [0.4, 0.5) is 4.39 Å². The number of halogens is 1. The molecule has 4 heteroatoms. The minimum Gasteiger partial charge on any atom is -0.481 e. The Kier molecular flexibility index (Phi) is 4.82. The van der Waals surface area contributed by atoms with Gasteiger partial charge in [0.25, 0.3) is 0 Å². The first kappa shape index (κ1) is 14.9. The highest BCUT2D eigenvalue weighted by molar-refractivity contribution is 5.96. The summed E-state index contributed by atoms with van der Waals surface area (Å²) >= 11 is 0. The molecule has 0 bridgehead atoms. The summed E-state index contributed by atoms with van der Waals surface area (Å²) in [4.78, 5) is 22.3. The Morgan fingerprint density at radius 1 is 0.952 bits per heavy atom. The first-order chi connectivity index (χ1) is 10.1. The summed E-state index contributed by atoms with van der Waals surface area (Å²) < 4.78 is 13.7. The summed E-state index contributed by atoms with van der Waals surface area (Å²) in [6.07, 6.45) is 0.508. The number of carboxylic acid groups (broad SMARTS) is 1. The Morgan fingerprint density at radius 2 is 1.62 bits per heavy atom. The molecule has 0 heterocycles. The fraction of sp³-hybridized carbons (Fsp3) is 0.176. The van der Waals surface area contributed by atoms with Gasteiger partial charge < -0.3 is 5.11 Å². The zero-order valence-corrected chi connectivity index (χ0v) is 11.4. The SMILES string of the molecule is O=C(O)CCCC(=O)c1ccc(-c2ccccc2F)cc1. The number of Topliss-reactive ketones (excluding diaryl/α,β-unsaturated/α-hetero) is 1. The van der Waals surface area contributed by atoms with E-state index in [2.05, 4.69) is 0 Å². The average Bonchev–Trinajstić information content (AvgIpc) is 2.47. The van der Waals surface area contributed by atoms with Crippen LogP contribution in [0.3, 0.4) is 0 Å². The lowest BCUT2D eigenvalue weighted by atomic mass is 10.0. The molecular weight excluding hydrogens is 271 g/mol. The van der Waals surface area contributed by atoms with Crippen molar-refractivity contribution in [1.82, 2.24) is 0 Å². The van der Waals surface area contributed by atoms with Crippen LogP contribution in [0.5, 0.6) is 0 Å². The second kappa shape index (κ2) is 6.79. The van der Waals surface area contributed by atoms with Crippen molar-refractivity contribution >= 4 is 11.8 Å². The molecule has 0 aromatic heterocycles. The third-order valence-corrected chi connectivity index (χ3v) is 3.19. The molecule has 0 fully saturated rings. The largest absolute Gasteiger partial charge is 0.481 e. The molecule has 0 amide bonds. The van der Waals surface area contributed by atoms with Crippen LogP contribution in [0.1, 0.15) is 29.6 Å². The van der Waals surface area contributed by atoms with Crippen LogP contribution in [0.15, 0.2) is 48.5 Å². The molecule has 0 saturated heterocycles. The van der Waals surface area contributed by atoms with Gasteiger partial charge in [-0.1, -0.05) is 42.5 Å². The molecule has 0 aliphatic carbocycles. The van der Waals surface area contributed by atoms with E-state index in [9.17, 15) is 14.0 Å². The Hall–Kier alpha value is -2.49. The molecule has 1 N–H and O–H groups in total. The van der Waals surface area contributed by atoms with E-state index in [1.807, 2.05) is 0 Å². The van der Waals surface area contributed by atoms with E-state index < -0.39 is 5.97 Å². The molecule has 2 rings (SSSR count). The monoisotopic (exact) mass is 286 g/mol. The smallest absolute Gasteiger partial charge is 0.303 e. The molecule has 0 saturated carbocycles.